The van der Waals surface area contributed by atoms with E-state index in [1.807, 2.05) is 19.5 Å². The van der Waals surface area contributed by atoms with Gasteiger partial charge in [0.25, 0.3) is 0 Å². The Kier molecular flexibility index (Phi) is 5.18. The summed E-state index contributed by atoms with van der Waals surface area (Å²) in [7, 11) is 1.87. The fraction of sp³-hybridized carbons (Fsp3) is 0.421. The van der Waals surface area contributed by atoms with Crippen LogP contribution in [0, 0.1) is 20.8 Å². The van der Waals surface area contributed by atoms with Gasteiger partial charge in [0, 0.05) is 37.7 Å². The topological polar surface area (TPSA) is 61.9 Å². The Morgan fingerprint density at radius 3 is 2.76 bits per heavy atom. The summed E-state index contributed by atoms with van der Waals surface area (Å²) in [5.41, 5.74) is 7.41. The number of carbonyl (C=O) groups excluding carboxylic acids is 1. The zero-order valence-electron chi connectivity index (χ0n) is 15.2. The number of aromatic nitrogens is 3. The Hall–Kier alpha value is -2.21. The molecule has 0 saturated carbocycles. The van der Waals surface area contributed by atoms with Crippen molar-refractivity contribution in [3.8, 4) is 0 Å². The molecular weight excluding hydrogens is 332 g/mol. The Balaban J connectivity index is 1.56. The summed E-state index contributed by atoms with van der Waals surface area (Å²) in [6.07, 6.45) is 1.97. The van der Waals surface area contributed by atoms with Crippen molar-refractivity contribution in [3.63, 3.8) is 0 Å². The number of H-pyrrole nitrogens is 1. The van der Waals surface area contributed by atoms with Gasteiger partial charge in [-0.25, -0.2) is 9.97 Å². The van der Waals surface area contributed by atoms with Gasteiger partial charge in [0.05, 0.1) is 22.2 Å². The van der Waals surface area contributed by atoms with Crippen LogP contribution in [0.5, 0.6) is 0 Å². The monoisotopic (exact) mass is 356 g/mol. The molecule has 0 aliphatic heterocycles. The van der Waals surface area contributed by atoms with Crippen LogP contribution in [0.1, 0.15) is 33.9 Å². The maximum atomic E-state index is 12.4. The molecular formula is C19H24N4OS. The molecule has 0 bridgehead atoms. The molecule has 2 heterocycles. The quantitative estimate of drug-likeness (QED) is 0.734. The summed E-state index contributed by atoms with van der Waals surface area (Å²) in [5, 5.41) is 0. The number of fused-ring (bicyclic) bond motifs is 1. The number of aryl methyl sites for hydroxylation is 4. The van der Waals surface area contributed by atoms with Gasteiger partial charge in [0.1, 0.15) is 5.82 Å². The van der Waals surface area contributed by atoms with Crippen molar-refractivity contribution >= 4 is 28.3 Å². The first-order chi connectivity index (χ1) is 12.0. The molecule has 0 fully saturated rings. The smallest absolute Gasteiger partial charge is 0.222 e. The number of nitrogens with zero attached hydrogens (tertiary/aromatic N) is 3. The van der Waals surface area contributed by atoms with E-state index in [1.54, 1.807) is 16.2 Å². The van der Waals surface area contributed by atoms with E-state index in [9.17, 15) is 4.79 Å². The number of aromatic amines is 1. The second kappa shape index (κ2) is 7.35. The summed E-state index contributed by atoms with van der Waals surface area (Å²) in [4.78, 5) is 27.7. The summed E-state index contributed by atoms with van der Waals surface area (Å²) in [6, 6.07) is 4.15. The minimum Gasteiger partial charge on any atom is -0.345 e. The van der Waals surface area contributed by atoms with Gasteiger partial charge < -0.3 is 9.88 Å². The maximum absolute atomic E-state index is 12.4. The molecule has 25 heavy (non-hydrogen) atoms. The van der Waals surface area contributed by atoms with Crippen LogP contribution >= 0.6 is 11.3 Å². The minimum atomic E-state index is 0.149. The van der Waals surface area contributed by atoms with Crippen molar-refractivity contribution in [1.82, 2.24) is 19.9 Å². The molecule has 0 atom stereocenters. The van der Waals surface area contributed by atoms with E-state index in [0.717, 1.165) is 35.5 Å². The highest BCUT2D eigenvalue weighted by Crippen LogP contribution is 2.20. The first-order valence-corrected chi connectivity index (χ1v) is 9.41. The normalized spacial score (nSPS) is 11.2. The minimum absolute atomic E-state index is 0.149. The van der Waals surface area contributed by atoms with E-state index in [-0.39, 0.29) is 5.91 Å². The van der Waals surface area contributed by atoms with Gasteiger partial charge >= 0.3 is 0 Å². The summed E-state index contributed by atoms with van der Waals surface area (Å²) in [6.45, 7) is 6.91. The van der Waals surface area contributed by atoms with Crippen molar-refractivity contribution in [3.05, 3.63) is 45.2 Å². The Labute approximate surface area is 152 Å². The molecule has 0 aliphatic rings. The van der Waals surface area contributed by atoms with E-state index in [4.69, 9.17) is 0 Å². The van der Waals surface area contributed by atoms with Gasteiger partial charge in [-0.05, 0) is 38.0 Å². The fourth-order valence-corrected chi connectivity index (χ4v) is 3.63. The molecule has 0 spiro atoms. The van der Waals surface area contributed by atoms with E-state index < -0.39 is 0 Å². The van der Waals surface area contributed by atoms with Crippen molar-refractivity contribution in [2.75, 3.05) is 13.6 Å². The molecule has 3 rings (SSSR count). The van der Waals surface area contributed by atoms with Crippen molar-refractivity contribution in [1.29, 1.82) is 0 Å². The predicted octanol–water partition coefficient (Wildman–Crippen LogP) is 3.58. The van der Waals surface area contributed by atoms with E-state index >= 15 is 0 Å². The van der Waals surface area contributed by atoms with Crippen LogP contribution < -0.4 is 0 Å². The Morgan fingerprint density at radius 1 is 1.24 bits per heavy atom. The molecule has 3 aromatic rings. The Morgan fingerprint density at radius 2 is 2.04 bits per heavy atom. The lowest BCUT2D eigenvalue weighted by Gasteiger charge is -2.16. The van der Waals surface area contributed by atoms with E-state index in [0.29, 0.717) is 12.8 Å². The SMILES string of the molecule is Cc1ccc2[nH]c(CCC(=O)N(C)CCc3scnc3C)nc2c1C. The average Bonchev–Trinajstić information content (AvgIpc) is 3.20. The lowest BCUT2D eigenvalue weighted by Crippen LogP contribution is -2.29. The van der Waals surface area contributed by atoms with E-state index in [2.05, 4.69) is 40.9 Å². The molecule has 0 radical (unpaired) electrons. The molecule has 1 N–H and O–H groups in total. The van der Waals surface area contributed by atoms with Crippen LogP contribution in [-0.2, 0) is 17.6 Å². The summed E-state index contributed by atoms with van der Waals surface area (Å²) < 4.78 is 0. The number of thiazole rings is 1. The molecule has 2 aromatic heterocycles. The van der Waals surface area contributed by atoms with Crippen LogP contribution in [-0.4, -0.2) is 39.4 Å². The highest BCUT2D eigenvalue weighted by molar-refractivity contribution is 7.09. The molecule has 132 valence electrons. The number of nitrogens with one attached hydrogen (secondary N) is 1. The number of carbonyl (C=O) groups is 1. The highest BCUT2D eigenvalue weighted by atomic mass is 32.1. The number of rotatable bonds is 6. The maximum Gasteiger partial charge on any atom is 0.222 e. The predicted molar refractivity (Wildman–Crippen MR) is 102 cm³/mol. The number of likely N-dealkylation sites (N-methyl/N-ethyl adjacent to an activating group) is 1. The van der Waals surface area contributed by atoms with Gasteiger partial charge in [-0.2, -0.15) is 0 Å². The second-order valence-electron chi connectivity index (χ2n) is 6.51. The standard InChI is InChI=1S/C19H24N4OS/c1-12-5-6-15-19(13(12)2)22-17(21-15)7-8-18(24)23(4)10-9-16-14(3)20-11-25-16/h5-6,11H,7-10H2,1-4H3,(H,21,22). The van der Waals surface area contributed by atoms with Crippen LogP contribution in [0.3, 0.4) is 0 Å². The molecule has 6 heteroatoms. The van der Waals surface area contributed by atoms with Crippen molar-refractivity contribution < 1.29 is 4.79 Å². The largest absolute Gasteiger partial charge is 0.345 e. The third-order valence-corrected chi connectivity index (χ3v) is 5.74. The molecule has 0 unspecified atom stereocenters. The third kappa shape index (κ3) is 3.90. The number of imidazole rings is 1. The van der Waals surface area contributed by atoms with Gasteiger partial charge in [-0.3, -0.25) is 4.79 Å². The fourth-order valence-electron chi connectivity index (χ4n) is 2.86. The molecule has 0 aliphatic carbocycles. The molecule has 1 amide bonds. The number of amides is 1. The number of benzene rings is 1. The summed E-state index contributed by atoms with van der Waals surface area (Å²) >= 11 is 1.65. The van der Waals surface area contributed by atoms with Crippen LogP contribution in [0.4, 0.5) is 0 Å². The van der Waals surface area contributed by atoms with Gasteiger partial charge in [-0.15, -0.1) is 11.3 Å². The highest BCUT2D eigenvalue weighted by Gasteiger charge is 2.13. The first-order valence-electron chi connectivity index (χ1n) is 8.53. The summed E-state index contributed by atoms with van der Waals surface area (Å²) in [5.74, 6) is 1.03. The zero-order valence-corrected chi connectivity index (χ0v) is 16.0. The van der Waals surface area contributed by atoms with Crippen LogP contribution in [0.25, 0.3) is 11.0 Å². The average molecular weight is 356 g/mol. The molecule has 1 aromatic carbocycles. The number of hydrogen-bond donors (Lipinski definition) is 1. The zero-order chi connectivity index (χ0) is 18.0. The second-order valence-corrected chi connectivity index (χ2v) is 7.45. The van der Waals surface area contributed by atoms with Gasteiger partial charge in [0.2, 0.25) is 5.91 Å². The van der Waals surface area contributed by atoms with Crippen LogP contribution in [0.2, 0.25) is 0 Å². The van der Waals surface area contributed by atoms with Gasteiger partial charge in [-0.1, -0.05) is 6.07 Å². The van der Waals surface area contributed by atoms with Crippen LogP contribution in [0.15, 0.2) is 17.6 Å². The first kappa shape index (κ1) is 17.6. The van der Waals surface area contributed by atoms with Crippen molar-refractivity contribution in [2.45, 2.75) is 40.0 Å². The van der Waals surface area contributed by atoms with E-state index in [1.165, 1.54) is 16.0 Å². The Bertz CT molecular complexity index is 896. The van der Waals surface area contributed by atoms with Crippen molar-refractivity contribution in [2.24, 2.45) is 0 Å². The molecule has 0 saturated heterocycles. The molecule has 5 nitrogen and oxygen atoms in total. The lowest BCUT2D eigenvalue weighted by atomic mass is 10.1. The number of hydrogen-bond acceptors (Lipinski definition) is 4. The van der Waals surface area contributed by atoms with Gasteiger partial charge in [0.15, 0.2) is 0 Å². The lowest BCUT2D eigenvalue weighted by molar-refractivity contribution is -0.129. The third-order valence-electron chi connectivity index (χ3n) is 4.75.